The number of halogens is 1. The summed E-state index contributed by atoms with van der Waals surface area (Å²) in [5.41, 5.74) is 1.12. The summed E-state index contributed by atoms with van der Waals surface area (Å²) in [5.74, 6) is 2.46. The van der Waals surface area contributed by atoms with Gasteiger partial charge in [0.2, 0.25) is 0 Å². The minimum absolute atomic E-state index is 0.455. The highest BCUT2D eigenvalue weighted by Crippen LogP contribution is 2.12. The lowest BCUT2D eigenvalue weighted by atomic mass is 10.2. The van der Waals surface area contributed by atoms with Crippen molar-refractivity contribution in [3.63, 3.8) is 0 Å². The second-order valence-electron chi connectivity index (χ2n) is 5.52. The molecule has 1 N–H and O–H groups in total. The van der Waals surface area contributed by atoms with E-state index in [1.54, 1.807) is 6.08 Å². The topological polar surface area (TPSA) is 58.3 Å². The molecule has 0 amide bonds. The molecule has 2 rings (SSSR count). The first-order valence-electron chi connectivity index (χ1n) is 7.71. The van der Waals surface area contributed by atoms with Gasteiger partial charge in [0.15, 0.2) is 11.8 Å². The fourth-order valence-corrected chi connectivity index (χ4v) is 2.41. The van der Waals surface area contributed by atoms with Crippen LogP contribution in [0.2, 0.25) is 5.02 Å². The quantitative estimate of drug-likeness (QED) is 0.496. The van der Waals surface area contributed by atoms with Gasteiger partial charge in [-0.2, -0.15) is 0 Å². The Morgan fingerprint density at radius 1 is 1.46 bits per heavy atom. The molecule has 0 aliphatic heterocycles. The van der Waals surface area contributed by atoms with E-state index in [1.807, 2.05) is 54.8 Å². The summed E-state index contributed by atoms with van der Waals surface area (Å²) in [6, 6.07) is 7.81. The summed E-state index contributed by atoms with van der Waals surface area (Å²) in [6.45, 7) is 7.45. The highest BCUT2D eigenvalue weighted by molar-refractivity contribution is 6.30. The van der Waals surface area contributed by atoms with Crippen molar-refractivity contribution < 1.29 is 0 Å². The zero-order chi connectivity index (χ0) is 17.5. The standard InChI is InChI=1S/C17H23ClN6/c1-5-9-19-17(20-11-16-22-21-13(2)24(16)4)23(3)12-14-7-6-8-15(18)10-14/h5-8,10H,1,9,11-12H2,2-4H3,(H,19,20). The van der Waals surface area contributed by atoms with Crippen LogP contribution in [-0.4, -0.2) is 39.2 Å². The first-order valence-corrected chi connectivity index (χ1v) is 8.08. The summed E-state index contributed by atoms with van der Waals surface area (Å²) in [6.07, 6.45) is 1.80. The number of hydrogen-bond donors (Lipinski definition) is 1. The predicted molar refractivity (Wildman–Crippen MR) is 98.0 cm³/mol. The fourth-order valence-electron chi connectivity index (χ4n) is 2.19. The number of aliphatic imine (C=N–C) groups is 1. The third kappa shape index (κ3) is 4.83. The molecule has 0 aliphatic carbocycles. The van der Waals surface area contributed by atoms with Crippen LogP contribution in [0.4, 0.5) is 0 Å². The van der Waals surface area contributed by atoms with Crippen LogP contribution < -0.4 is 5.32 Å². The van der Waals surface area contributed by atoms with Crippen molar-refractivity contribution in [3.05, 3.63) is 59.2 Å². The first-order chi connectivity index (χ1) is 11.5. The van der Waals surface area contributed by atoms with Gasteiger partial charge >= 0.3 is 0 Å². The lowest BCUT2D eigenvalue weighted by Crippen LogP contribution is -2.38. The number of nitrogens with one attached hydrogen (secondary N) is 1. The van der Waals surface area contributed by atoms with Gasteiger partial charge in [-0.15, -0.1) is 16.8 Å². The number of guanidine groups is 1. The SMILES string of the molecule is C=CCNC(=NCc1nnc(C)n1C)N(C)Cc1cccc(Cl)c1. The summed E-state index contributed by atoms with van der Waals surface area (Å²) >= 11 is 6.06. The fraction of sp³-hybridized carbons (Fsp3) is 0.353. The van der Waals surface area contributed by atoms with Crippen LogP contribution in [-0.2, 0) is 20.1 Å². The van der Waals surface area contributed by atoms with Crippen LogP contribution in [0.5, 0.6) is 0 Å². The van der Waals surface area contributed by atoms with Crippen LogP contribution in [0.3, 0.4) is 0 Å². The highest BCUT2D eigenvalue weighted by Gasteiger charge is 2.09. The van der Waals surface area contributed by atoms with Crippen LogP contribution in [0.15, 0.2) is 41.9 Å². The molecular formula is C17H23ClN6. The van der Waals surface area contributed by atoms with E-state index in [4.69, 9.17) is 11.6 Å². The van der Waals surface area contributed by atoms with E-state index in [0.717, 1.165) is 28.2 Å². The number of hydrogen-bond acceptors (Lipinski definition) is 3. The Labute approximate surface area is 147 Å². The molecule has 0 aliphatic rings. The highest BCUT2D eigenvalue weighted by atomic mass is 35.5. The Kier molecular flexibility index (Phi) is 6.37. The van der Waals surface area contributed by atoms with Gasteiger partial charge in [-0.25, -0.2) is 4.99 Å². The second kappa shape index (κ2) is 8.49. The van der Waals surface area contributed by atoms with E-state index in [1.165, 1.54) is 0 Å². The molecule has 0 unspecified atom stereocenters. The van der Waals surface area contributed by atoms with Crippen LogP contribution in [0.25, 0.3) is 0 Å². The average molecular weight is 347 g/mol. The number of benzene rings is 1. The van der Waals surface area contributed by atoms with Crippen LogP contribution in [0, 0.1) is 6.92 Å². The van der Waals surface area contributed by atoms with Gasteiger partial charge in [-0.05, 0) is 24.6 Å². The van der Waals surface area contributed by atoms with Crippen molar-refractivity contribution in [2.75, 3.05) is 13.6 Å². The van der Waals surface area contributed by atoms with E-state index in [9.17, 15) is 0 Å². The molecule has 0 spiro atoms. The molecular weight excluding hydrogens is 324 g/mol. The molecule has 1 aromatic carbocycles. The molecule has 0 saturated carbocycles. The van der Waals surface area contributed by atoms with Crippen molar-refractivity contribution in [2.24, 2.45) is 12.0 Å². The van der Waals surface area contributed by atoms with Crippen molar-refractivity contribution in [1.29, 1.82) is 0 Å². The zero-order valence-electron chi connectivity index (χ0n) is 14.3. The third-order valence-corrected chi connectivity index (χ3v) is 3.86. The van der Waals surface area contributed by atoms with E-state index in [0.29, 0.717) is 19.6 Å². The maximum atomic E-state index is 6.06. The van der Waals surface area contributed by atoms with E-state index < -0.39 is 0 Å². The summed E-state index contributed by atoms with van der Waals surface area (Å²) in [4.78, 5) is 6.69. The Morgan fingerprint density at radius 2 is 2.25 bits per heavy atom. The first kappa shape index (κ1) is 18.0. The monoisotopic (exact) mass is 346 g/mol. The van der Waals surface area contributed by atoms with Crippen LogP contribution >= 0.6 is 11.6 Å². The van der Waals surface area contributed by atoms with Gasteiger partial charge in [-0.1, -0.05) is 29.8 Å². The number of aryl methyl sites for hydroxylation is 1. The van der Waals surface area contributed by atoms with E-state index >= 15 is 0 Å². The third-order valence-electron chi connectivity index (χ3n) is 3.63. The smallest absolute Gasteiger partial charge is 0.194 e. The van der Waals surface area contributed by atoms with E-state index in [-0.39, 0.29) is 0 Å². The normalized spacial score (nSPS) is 11.4. The van der Waals surface area contributed by atoms with Gasteiger partial charge in [0, 0.05) is 32.2 Å². The van der Waals surface area contributed by atoms with Gasteiger partial charge in [0.25, 0.3) is 0 Å². The van der Waals surface area contributed by atoms with Gasteiger partial charge in [0.1, 0.15) is 12.4 Å². The molecule has 0 saturated heterocycles. The molecule has 1 aromatic heterocycles. The van der Waals surface area contributed by atoms with Crippen molar-refractivity contribution in [3.8, 4) is 0 Å². The maximum absolute atomic E-state index is 6.06. The molecule has 2 aromatic rings. The minimum Gasteiger partial charge on any atom is -0.353 e. The molecule has 24 heavy (non-hydrogen) atoms. The van der Waals surface area contributed by atoms with E-state index in [2.05, 4.69) is 27.1 Å². The predicted octanol–water partition coefficient (Wildman–Crippen LogP) is 2.54. The molecule has 0 radical (unpaired) electrons. The Balaban J connectivity index is 2.12. The number of rotatable bonds is 6. The van der Waals surface area contributed by atoms with Crippen LogP contribution in [0.1, 0.15) is 17.2 Å². The number of nitrogens with zero attached hydrogens (tertiary/aromatic N) is 5. The molecule has 0 atom stereocenters. The molecule has 128 valence electrons. The van der Waals surface area contributed by atoms with Gasteiger partial charge in [-0.3, -0.25) is 0 Å². The number of aromatic nitrogens is 3. The molecule has 0 fully saturated rings. The lowest BCUT2D eigenvalue weighted by Gasteiger charge is -2.22. The van der Waals surface area contributed by atoms with Crippen molar-refractivity contribution >= 4 is 17.6 Å². The van der Waals surface area contributed by atoms with Crippen molar-refractivity contribution in [1.82, 2.24) is 25.0 Å². The van der Waals surface area contributed by atoms with Crippen molar-refractivity contribution in [2.45, 2.75) is 20.0 Å². The molecule has 6 nitrogen and oxygen atoms in total. The maximum Gasteiger partial charge on any atom is 0.194 e. The second-order valence-corrected chi connectivity index (χ2v) is 5.95. The average Bonchev–Trinajstić information content (AvgIpc) is 2.87. The zero-order valence-corrected chi connectivity index (χ0v) is 15.1. The molecule has 7 heteroatoms. The summed E-state index contributed by atoms with van der Waals surface area (Å²) < 4.78 is 1.94. The Bertz CT molecular complexity index is 722. The largest absolute Gasteiger partial charge is 0.353 e. The lowest BCUT2D eigenvalue weighted by molar-refractivity contribution is 0.477. The summed E-state index contributed by atoms with van der Waals surface area (Å²) in [7, 11) is 3.92. The van der Waals surface area contributed by atoms with Gasteiger partial charge in [0.05, 0.1) is 0 Å². The molecule has 0 bridgehead atoms. The Morgan fingerprint density at radius 3 is 2.88 bits per heavy atom. The Hall–Kier alpha value is -2.34. The summed E-state index contributed by atoms with van der Waals surface area (Å²) in [5, 5.41) is 12.2. The molecule has 1 heterocycles. The minimum atomic E-state index is 0.455. The van der Waals surface area contributed by atoms with Gasteiger partial charge < -0.3 is 14.8 Å².